The number of aliphatic imine (C=N–C) groups is 1. The van der Waals surface area contributed by atoms with Crippen LogP contribution in [0.4, 0.5) is 0 Å². The van der Waals surface area contributed by atoms with Crippen molar-refractivity contribution in [3.63, 3.8) is 0 Å². The number of methoxy groups -OCH3 is 2. The minimum atomic E-state index is -0.416. The molecular weight excluding hydrogens is 392 g/mol. The molecule has 3 rings (SSSR count). The van der Waals surface area contributed by atoms with Crippen LogP contribution in [0.1, 0.15) is 34.3 Å². The second-order valence-electron chi connectivity index (χ2n) is 7.59. The molecule has 1 atom stereocenters. The van der Waals surface area contributed by atoms with Gasteiger partial charge in [-0.25, -0.2) is 4.79 Å². The Hall–Kier alpha value is -3.06. The summed E-state index contributed by atoms with van der Waals surface area (Å²) in [6.07, 6.45) is 2.39. The van der Waals surface area contributed by atoms with E-state index in [4.69, 9.17) is 9.47 Å². The number of carbonyl (C=O) groups is 1. The van der Waals surface area contributed by atoms with Gasteiger partial charge in [0.2, 0.25) is 0 Å². The van der Waals surface area contributed by atoms with E-state index < -0.39 is 5.97 Å². The zero-order valence-corrected chi connectivity index (χ0v) is 18.6. The number of guanidine groups is 1. The summed E-state index contributed by atoms with van der Waals surface area (Å²) in [4.78, 5) is 18.9. The second kappa shape index (κ2) is 11.4. The van der Waals surface area contributed by atoms with Gasteiger partial charge in [0.15, 0.2) is 5.96 Å². The molecule has 1 heterocycles. The van der Waals surface area contributed by atoms with Crippen LogP contribution in [0.15, 0.2) is 53.5 Å². The van der Waals surface area contributed by atoms with Gasteiger partial charge in [-0.2, -0.15) is 0 Å². The van der Waals surface area contributed by atoms with Crippen LogP contribution in [0.2, 0.25) is 0 Å². The molecule has 1 unspecified atom stereocenters. The number of benzene rings is 2. The van der Waals surface area contributed by atoms with Gasteiger partial charge in [-0.3, -0.25) is 9.89 Å². The molecule has 2 N–H and O–H groups in total. The first kappa shape index (κ1) is 22.6. The van der Waals surface area contributed by atoms with Gasteiger partial charge in [0.25, 0.3) is 0 Å². The van der Waals surface area contributed by atoms with Crippen molar-refractivity contribution in [2.45, 2.75) is 32.0 Å². The molecule has 1 aliphatic heterocycles. The molecule has 166 valence electrons. The number of esters is 1. The van der Waals surface area contributed by atoms with Crippen molar-refractivity contribution < 1.29 is 14.3 Å². The summed E-state index contributed by atoms with van der Waals surface area (Å²) in [5.41, 5.74) is 2.70. The Kier molecular flexibility index (Phi) is 8.29. The van der Waals surface area contributed by atoms with Crippen LogP contribution < -0.4 is 15.4 Å². The third-order valence-electron chi connectivity index (χ3n) is 5.59. The minimum Gasteiger partial charge on any atom is -0.496 e. The first-order valence-electron chi connectivity index (χ1n) is 10.6. The third kappa shape index (κ3) is 6.21. The molecule has 31 heavy (non-hydrogen) atoms. The summed E-state index contributed by atoms with van der Waals surface area (Å²) in [7, 11) is 4.66. The molecule has 0 aromatic heterocycles. The molecule has 1 aliphatic rings. The zero-order valence-electron chi connectivity index (χ0n) is 18.6. The topological polar surface area (TPSA) is 75.2 Å². The van der Waals surface area contributed by atoms with E-state index in [-0.39, 0.29) is 0 Å². The number of hydrogen-bond donors (Lipinski definition) is 2. The van der Waals surface area contributed by atoms with Crippen LogP contribution in [0.25, 0.3) is 0 Å². The van der Waals surface area contributed by atoms with Gasteiger partial charge in [0, 0.05) is 32.7 Å². The fourth-order valence-corrected chi connectivity index (χ4v) is 3.91. The van der Waals surface area contributed by atoms with Crippen molar-refractivity contribution in [1.29, 1.82) is 0 Å². The maximum absolute atomic E-state index is 12.0. The van der Waals surface area contributed by atoms with Gasteiger partial charge in [-0.05, 0) is 42.6 Å². The second-order valence-corrected chi connectivity index (χ2v) is 7.59. The smallest absolute Gasteiger partial charge is 0.341 e. The summed E-state index contributed by atoms with van der Waals surface area (Å²) >= 11 is 0. The first-order valence-corrected chi connectivity index (χ1v) is 10.6. The van der Waals surface area contributed by atoms with E-state index in [1.807, 2.05) is 6.07 Å². The van der Waals surface area contributed by atoms with Crippen LogP contribution >= 0.6 is 0 Å². The Bertz CT molecular complexity index is 886. The fraction of sp³-hybridized carbons (Fsp3) is 0.417. The highest BCUT2D eigenvalue weighted by molar-refractivity contribution is 5.92. The van der Waals surface area contributed by atoms with Crippen molar-refractivity contribution >= 4 is 11.9 Å². The molecule has 0 amide bonds. The number of ether oxygens (including phenoxy) is 2. The van der Waals surface area contributed by atoms with Crippen LogP contribution in [0, 0.1) is 0 Å². The van der Waals surface area contributed by atoms with E-state index in [0.717, 1.165) is 31.2 Å². The summed E-state index contributed by atoms with van der Waals surface area (Å²) in [5, 5.41) is 6.77. The molecule has 0 aliphatic carbocycles. The van der Waals surface area contributed by atoms with E-state index in [9.17, 15) is 4.79 Å². The molecule has 0 bridgehead atoms. The molecule has 0 radical (unpaired) electrons. The third-order valence-corrected chi connectivity index (χ3v) is 5.59. The standard InChI is InChI=1S/C24H32N4O3/c1-25-24(26-15-19-11-12-22(30-2)21(14-19)23(29)31-3)27-16-20-10-7-13-28(20)17-18-8-5-4-6-9-18/h4-6,8-9,11-12,14,20H,7,10,13,15-17H2,1-3H3,(H2,25,26,27). The van der Waals surface area contributed by atoms with Crippen molar-refractivity contribution in [2.24, 2.45) is 4.99 Å². The van der Waals surface area contributed by atoms with Crippen molar-refractivity contribution in [2.75, 3.05) is 34.4 Å². The molecule has 2 aromatic rings. The monoisotopic (exact) mass is 424 g/mol. The average Bonchev–Trinajstić information content (AvgIpc) is 3.26. The largest absolute Gasteiger partial charge is 0.496 e. The predicted octanol–water partition coefficient (Wildman–Crippen LogP) is 2.81. The lowest BCUT2D eigenvalue weighted by Crippen LogP contribution is -2.44. The van der Waals surface area contributed by atoms with E-state index in [1.54, 1.807) is 19.2 Å². The molecule has 1 saturated heterocycles. The van der Waals surface area contributed by atoms with Gasteiger partial charge in [0.1, 0.15) is 11.3 Å². The molecule has 2 aromatic carbocycles. The SMILES string of the molecule is CN=C(NCc1ccc(OC)c(C(=O)OC)c1)NCC1CCCN1Cc1ccccc1. The number of carbonyl (C=O) groups excluding carboxylic acids is 1. The number of likely N-dealkylation sites (tertiary alicyclic amines) is 1. The van der Waals surface area contributed by atoms with Crippen molar-refractivity contribution in [3.05, 3.63) is 65.2 Å². The molecule has 7 heteroatoms. The van der Waals surface area contributed by atoms with E-state index >= 15 is 0 Å². The van der Waals surface area contributed by atoms with Crippen molar-refractivity contribution in [3.8, 4) is 5.75 Å². The maximum atomic E-state index is 12.0. The lowest BCUT2D eigenvalue weighted by atomic mass is 10.1. The predicted molar refractivity (Wildman–Crippen MR) is 122 cm³/mol. The van der Waals surface area contributed by atoms with E-state index in [1.165, 1.54) is 32.6 Å². The van der Waals surface area contributed by atoms with Crippen LogP contribution in [0.3, 0.4) is 0 Å². The Morgan fingerprint density at radius 3 is 2.65 bits per heavy atom. The Labute approximate surface area is 184 Å². The number of hydrogen-bond acceptors (Lipinski definition) is 5. The van der Waals surface area contributed by atoms with Crippen LogP contribution in [-0.4, -0.2) is 57.2 Å². The Balaban J connectivity index is 1.53. The number of rotatable bonds is 8. The van der Waals surface area contributed by atoms with E-state index in [2.05, 4.69) is 50.9 Å². The summed E-state index contributed by atoms with van der Waals surface area (Å²) < 4.78 is 10.1. The van der Waals surface area contributed by atoms with E-state index in [0.29, 0.717) is 23.9 Å². The van der Waals surface area contributed by atoms with Crippen molar-refractivity contribution in [1.82, 2.24) is 15.5 Å². The molecule has 0 saturated carbocycles. The average molecular weight is 425 g/mol. The van der Waals surface area contributed by atoms with Crippen LogP contribution in [-0.2, 0) is 17.8 Å². The first-order chi connectivity index (χ1) is 15.1. The lowest BCUT2D eigenvalue weighted by molar-refractivity contribution is 0.0597. The summed E-state index contributed by atoms with van der Waals surface area (Å²) in [6.45, 7) is 3.46. The fourth-order valence-electron chi connectivity index (χ4n) is 3.91. The van der Waals surface area contributed by atoms with Gasteiger partial charge in [-0.15, -0.1) is 0 Å². The highest BCUT2D eigenvalue weighted by atomic mass is 16.5. The number of nitrogens with zero attached hydrogens (tertiary/aromatic N) is 2. The molecule has 7 nitrogen and oxygen atoms in total. The van der Waals surface area contributed by atoms with Gasteiger partial charge < -0.3 is 20.1 Å². The lowest BCUT2D eigenvalue weighted by Gasteiger charge is -2.25. The summed E-state index contributed by atoms with van der Waals surface area (Å²) in [5.74, 6) is 0.820. The number of nitrogens with one attached hydrogen (secondary N) is 2. The van der Waals surface area contributed by atoms with Gasteiger partial charge in [0.05, 0.1) is 14.2 Å². The Morgan fingerprint density at radius 2 is 1.94 bits per heavy atom. The van der Waals surface area contributed by atoms with Gasteiger partial charge in [-0.1, -0.05) is 36.4 Å². The minimum absolute atomic E-state index is 0.412. The quantitative estimate of drug-likeness (QED) is 0.386. The molecule has 0 spiro atoms. The van der Waals surface area contributed by atoms with Gasteiger partial charge >= 0.3 is 5.97 Å². The molecule has 1 fully saturated rings. The zero-order chi connectivity index (χ0) is 22.1. The highest BCUT2D eigenvalue weighted by Gasteiger charge is 2.24. The summed E-state index contributed by atoms with van der Waals surface area (Å²) in [6, 6.07) is 16.6. The Morgan fingerprint density at radius 1 is 1.13 bits per heavy atom. The normalized spacial score (nSPS) is 16.7. The molecular formula is C24H32N4O3. The maximum Gasteiger partial charge on any atom is 0.341 e. The van der Waals surface area contributed by atoms with Crippen LogP contribution in [0.5, 0.6) is 5.75 Å². The highest BCUT2D eigenvalue weighted by Crippen LogP contribution is 2.21.